The second kappa shape index (κ2) is 8.50. The maximum Gasteiger partial charge on any atom is 0.324 e. The van der Waals surface area contributed by atoms with Gasteiger partial charge in [-0.25, -0.2) is 0 Å². The van der Waals surface area contributed by atoms with E-state index in [2.05, 4.69) is 16.8 Å². The molecule has 8 heteroatoms. The molecule has 0 spiro atoms. The third-order valence-corrected chi connectivity index (χ3v) is 3.96. The molecule has 0 aromatic carbocycles. The van der Waals surface area contributed by atoms with Crippen molar-refractivity contribution in [2.75, 3.05) is 26.2 Å². The van der Waals surface area contributed by atoms with Crippen LogP contribution < -0.4 is 5.32 Å². The summed E-state index contributed by atoms with van der Waals surface area (Å²) in [5.41, 5.74) is 0. The maximum absolute atomic E-state index is 10.7. The summed E-state index contributed by atoms with van der Waals surface area (Å²) >= 11 is 1.23. The summed E-state index contributed by atoms with van der Waals surface area (Å²) < 4.78 is 0. The summed E-state index contributed by atoms with van der Waals surface area (Å²) in [5, 5.41) is 14.2. The second-order valence-corrected chi connectivity index (χ2v) is 4.99. The van der Waals surface area contributed by atoms with Crippen molar-refractivity contribution in [3.8, 4) is 0 Å². The molecule has 1 fully saturated rings. The van der Waals surface area contributed by atoms with Crippen LogP contribution in [-0.2, 0) is 0 Å². The van der Waals surface area contributed by atoms with Gasteiger partial charge in [0.25, 0.3) is 0 Å². The van der Waals surface area contributed by atoms with E-state index in [4.69, 9.17) is 0 Å². The topological polar surface area (TPSA) is 58.4 Å². The fraction of sp³-hybridized carbons (Fsp3) is 0.455. The molecule has 0 saturated carbocycles. The lowest BCUT2D eigenvalue weighted by molar-refractivity contribution is -0.380. The summed E-state index contributed by atoms with van der Waals surface area (Å²) in [6.45, 7) is 7.65. The van der Waals surface area contributed by atoms with Gasteiger partial charge in [0.2, 0.25) is 0 Å². The molecule has 19 heavy (non-hydrogen) atoms. The number of halogens is 2. The van der Waals surface area contributed by atoms with E-state index in [1.54, 1.807) is 6.07 Å². The van der Waals surface area contributed by atoms with E-state index in [0.717, 1.165) is 31.1 Å². The molecular weight excluding hydrogens is 309 g/mol. The van der Waals surface area contributed by atoms with Crippen LogP contribution in [0.15, 0.2) is 24.8 Å². The van der Waals surface area contributed by atoms with E-state index in [9.17, 15) is 10.1 Å². The number of nitrogens with zero attached hydrogens (tertiary/aromatic N) is 2. The first-order valence-electron chi connectivity index (χ1n) is 5.54. The van der Waals surface area contributed by atoms with Crippen LogP contribution in [0.5, 0.6) is 0 Å². The zero-order valence-corrected chi connectivity index (χ0v) is 12.7. The van der Waals surface area contributed by atoms with Crippen molar-refractivity contribution >= 4 is 41.2 Å². The van der Waals surface area contributed by atoms with Gasteiger partial charge in [-0.2, -0.15) is 0 Å². The molecule has 1 atom stereocenters. The highest BCUT2D eigenvalue weighted by Gasteiger charge is 2.22. The quantitative estimate of drug-likeness (QED) is 0.525. The predicted octanol–water partition coefficient (Wildman–Crippen LogP) is 2.63. The first-order chi connectivity index (χ1) is 8.22. The van der Waals surface area contributed by atoms with Crippen LogP contribution in [0.2, 0.25) is 0 Å². The number of thiophene rings is 1. The summed E-state index contributed by atoms with van der Waals surface area (Å²) in [6.07, 6.45) is 1.86. The van der Waals surface area contributed by atoms with Crippen molar-refractivity contribution < 1.29 is 4.92 Å². The fourth-order valence-electron chi connectivity index (χ4n) is 2.00. The number of hydrogen-bond donors (Lipinski definition) is 1. The molecule has 0 bridgehead atoms. The third-order valence-electron chi connectivity index (χ3n) is 2.85. The van der Waals surface area contributed by atoms with E-state index in [1.165, 1.54) is 11.3 Å². The Morgan fingerprint density at radius 2 is 2.05 bits per heavy atom. The van der Waals surface area contributed by atoms with Crippen LogP contribution in [0, 0.1) is 10.1 Å². The highest BCUT2D eigenvalue weighted by molar-refractivity contribution is 7.15. The van der Waals surface area contributed by atoms with Crippen molar-refractivity contribution in [1.29, 1.82) is 0 Å². The Bertz CT molecular complexity index is 422. The minimum absolute atomic E-state index is 0. The fourth-order valence-corrected chi connectivity index (χ4v) is 2.96. The average Bonchev–Trinajstić information content (AvgIpc) is 2.81. The maximum atomic E-state index is 10.7. The standard InChI is InChI=1S/C11H15N3O2S.2ClH/c1-2-9(13-7-5-12-6-8-13)10-3-4-11(17-10)14(15)16;;/h2-4,9,12H,1,5-8H2;2*1H/t9-;;/m1../s1. The minimum Gasteiger partial charge on any atom is -0.314 e. The number of nitro groups is 1. The molecule has 2 rings (SSSR count). The van der Waals surface area contributed by atoms with Crippen molar-refractivity contribution in [2.45, 2.75) is 6.04 Å². The monoisotopic (exact) mass is 325 g/mol. The smallest absolute Gasteiger partial charge is 0.314 e. The first-order valence-corrected chi connectivity index (χ1v) is 6.35. The Balaban J connectivity index is 0.00000162. The molecule has 1 aromatic rings. The molecule has 5 nitrogen and oxygen atoms in total. The van der Waals surface area contributed by atoms with Gasteiger partial charge >= 0.3 is 5.00 Å². The SMILES string of the molecule is C=C[C@H](c1ccc([N+](=O)[O-])s1)N1CCNCC1.Cl.Cl. The molecule has 2 heterocycles. The molecule has 1 aliphatic heterocycles. The molecule has 0 aliphatic carbocycles. The largest absolute Gasteiger partial charge is 0.324 e. The molecule has 1 aromatic heterocycles. The lowest BCUT2D eigenvalue weighted by Crippen LogP contribution is -2.44. The van der Waals surface area contributed by atoms with Crippen LogP contribution in [0.25, 0.3) is 0 Å². The van der Waals surface area contributed by atoms with Gasteiger partial charge in [0.05, 0.1) is 11.0 Å². The van der Waals surface area contributed by atoms with Gasteiger partial charge in [0.1, 0.15) is 0 Å². The highest BCUT2D eigenvalue weighted by atomic mass is 35.5. The zero-order chi connectivity index (χ0) is 12.3. The number of hydrogen-bond acceptors (Lipinski definition) is 5. The number of nitrogens with one attached hydrogen (secondary N) is 1. The normalized spacial score (nSPS) is 16.8. The molecule has 1 aliphatic rings. The van der Waals surface area contributed by atoms with Gasteiger partial charge in [-0.05, 0) is 6.07 Å². The van der Waals surface area contributed by atoms with E-state index in [1.807, 2.05) is 12.1 Å². The van der Waals surface area contributed by atoms with Crippen LogP contribution >= 0.6 is 36.2 Å². The van der Waals surface area contributed by atoms with Crippen LogP contribution in [0.4, 0.5) is 5.00 Å². The van der Waals surface area contributed by atoms with Gasteiger partial charge in [-0.3, -0.25) is 15.0 Å². The molecule has 0 amide bonds. The summed E-state index contributed by atoms with van der Waals surface area (Å²) in [5.74, 6) is 0. The molecule has 1 N–H and O–H groups in total. The van der Waals surface area contributed by atoms with Gasteiger partial charge in [-0.15, -0.1) is 31.4 Å². The van der Waals surface area contributed by atoms with Crippen molar-refractivity contribution in [1.82, 2.24) is 10.2 Å². The molecule has 0 radical (unpaired) electrons. The highest BCUT2D eigenvalue weighted by Crippen LogP contribution is 2.32. The molecule has 0 unspecified atom stereocenters. The van der Waals surface area contributed by atoms with Crippen LogP contribution in [-0.4, -0.2) is 36.0 Å². The van der Waals surface area contributed by atoms with E-state index >= 15 is 0 Å². The Morgan fingerprint density at radius 1 is 1.42 bits per heavy atom. The van der Waals surface area contributed by atoms with Gasteiger partial charge in [0, 0.05) is 37.1 Å². The van der Waals surface area contributed by atoms with Gasteiger partial charge in [0.15, 0.2) is 0 Å². The Morgan fingerprint density at radius 3 is 2.53 bits per heavy atom. The second-order valence-electron chi connectivity index (χ2n) is 3.90. The first kappa shape index (κ1) is 18.3. The van der Waals surface area contributed by atoms with Crippen LogP contribution in [0.1, 0.15) is 10.9 Å². The predicted molar refractivity (Wildman–Crippen MR) is 82.9 cm³/mol. The van der Waals surface area contributed by atoms with E-state index in [-0.39, 0.29) is 40.8 Å². The van der Waals surface area contributed by atoms with Crippen molar-refractivity contribution in [3.05, 3.63) is 39.8 Å². The Hall–Kier alpha value is -0.660. The van der Waals surface area contributed by atoms with E-state index in [0.29, 0.717) is 0 Å². The Labute approximate surface area is 128 Å². The average molecular weight is 326 g/mol. The minimum atomic E-state index is -0.341. The zero-order valence-electron chi connectivity index (χ0n) is 10.3. The van der Waals surface area contributed by atoms with Crippen molar-refractivity contribution in [3.63, 3.8) is 0 Å². The third kappa shape index (κ3) is 4.43. The molecule has 1 saturated heterocycles. The Kier molecular flexibility index (Phi) is 8.20. The van der Waals surface area contributed by atoms with Gasteiger partial charge in [-0.1, -0.05) is 17.4 Å². The van der Waals surface area contributed by atoms with E-state index < -0.39 is 0 Å². The van der Waals surface area contributed by atoms with Gasteiger partial charge < -0.3 is 5.32 Å². The summed E-state index contributed by atoms with van der Waals surface area (Å²) in [4.78, 5) is 13.6. The summed E-state index contributed by atoms with van der Waals surface area (Å²) in [6, 6.07) is 3.49. The molecular formula is C11H17Cl2N3O2S. The van der Waals surface area contributed by atoms with Crippen molar-refractivity contribution in [2.24, 2.45) is 0 Å². The lowest BCUT2D eigenvalue weighted by Gasteiger charge is -2.32. The number of piperazine rings is 1. The van der Waals surface area contributed by atoms with Crippen LogP contribution in [0.3, 0.4) is 0 Å². The number of rotatable bonds is 4. The summed E-state index contributed by atoms with van der Waals surface area (Å²) in [7, 11) is 0. The lowest BCUT2D eigenvalue weighted by atomic mass is 10.2. The molecule has 108 valence electrons.